The van der Waals surface area contributed by atoms with Crippen LogP contribution in [-0.4, -0.2) is 42.3 Å². The molecule has 158 valence electrons. The lowest BCUT2D eigenvalue weighted by Gasteiger charge is -2.19. The van der Waals surface area contributed by atoms with Gasteiger partial charge in [0.1, 0.15) is 35.8 Å². The number of carbonyl (C=O) groups is 2. The van der Waals surface area contributed by atoms with Gasteiger partial charge in [-0.15, -0.1) is 5.10 Å². The van der Waals surface area contributed by atoms with Crippen LogP contribution in [0.4, 0.5) is 0 Å². The number of rotatable bonds is 7. The third-order valence-electron chi connectivity index (χ3n) is 4.07. The van der Waals surface area contributed by atoms with Crippen LogP contribution in [0, 0.1) is 0 Å². The number of hydrazone groups is 1. The van der Waals surface area contributed by atoms with E-state index in [2.05, 4.69) is 10.4 Å². The Morgan fingerprint density at radius 2 is 1.70 bits per heavy atom. The third kappa shape index (κ3) is 5.66. The Morgan fingerprint density at radius 1 is 1.03 bits per heavy atom. The summed E-state index contributed by atoms with van der Waals surface area (Å²) in [5.41, 5.74) is 0.841. The molecule has 1 heterocycles. The van der Waals surface area contributed by atoms with Crippen molar-refractivity contribution in [2.75, 3.05) is 20.3 Å². The van der Waals surface area contributed by atoms with Crippen molar-refractivity contribution in [1.82, 2.24) is 10.3 Å². The second-order valence-electron chi connectivity index (χ2n) is 6.37. The quantitative estimate of drug-likeness (QED) is 0.680. The van der Waals surface area contributed by atoms with Crippen molar-refractivity contribution in [1.29, 1.82) is 0 Å². The number of methoxy groups -OCH3 is 1. The van der Waals surface area contributed by atoms with Crippen LogP contribution in [-0.2, 0) is 9.59 Å². The summed E-state index contributed by atoms with van der Waals surface area (Å²) in [5.74, 6) is 1.70. The average molecular weight is 429 g/mol. The van der Waals surface area contributed by atoms with Crippen molar-refractivity contribution < 1.29 is 23.8 Å². The highest BCUT2D eigenvalue weighted by Crippen LogP contribution is 2.39. The molecule has 0 aromatic heterocycles. The van der Waals surface area contributed by atoms with E-state index in [1.807, 2.05) is 48.5 Å². The molecule has 0 saturated carbocycles. The summed E-state index contributed by atoms with van der Waals surface area (Å²) in [4.78, 5) is 23.3. The lowest BCUT2D eigenvalue weighted by atomic mass is 10.2. The number of nitrogens with zero attached hydrogens (tertiary/aromatic N) is 2. The van der Waals surface area contributed by atoms with Gasteiger partial charge >= 0.3 is 0 Å². The van der Waals surface area contributed by atoms with Gasteiger partial charge in [0.05, 0.1) is 7.11 Å². The average Bonchev–Trinajstić information content (AvgIpc) is 3.15. The van der Waals surface area contributed by atoms with Gasteiger partial charge in [-0.1, -0.05) is 23.9 Å². The van der Waals surface area contributed by atoms with Crippen molar-refractivity contribution in [3.63, 3.8) is 0 Å². The molecule has 0 saturated heterocycles. The Bertz CT molecular complexity index is 932. The first-order chi connectivity index (χ1) is 14.5. The van der Waals surface area contributed by atoms with E-state index < -0.39 is 0 Å². The van der Waals surface area contributed by atoms with E-state index in [9.17, 15) is 9.59 Å². The summed E-state index contributed by atoms with van der Waals surface area (Å²) < 4.78 is 16.6. The molecule has 0 bridgehead atoms. The molecular formula is C21H23N3O5S. The number of nitrogens with one attached hydrogen (secondary N) is 1. The predicted octanol–water partition coefficient (Wildman–Crippen LogP) is 3.15. The van der Waals surface area contributed by atoms with Gasteiger partial charge in [0.25, 0.3) is 0 Å². The summed E-state index contributed by atoms with van der Waals surface area (Å²) in [6, 6.07) is 14.8. The molecule has 3 rings (SSSR count). The predicted molar refractivity (Wildman–Crippen MR) is 115 cm³/mol. The molecule has 0 fully saturated rings. The summed E-state index contributed by atoms with van der Waals surface area (Å²) in [5, 5.41) is 8.20. The molecule has 1 aliphatic heterocycles. The fraction of sp³-hybridized carbons (Fsp3) is 0.286. The minimum atomic E-state index is -0.372. The summed E-state index contributed by atoms with van der Waals surface area (Å²) in [6.45, 7) is 3.57. The topological polar surface area (TPSA) is 89.5 Å². The number of hydrogen-bond acceptors (Lipinski definition) is 7. The van der Waals surface area contributed by atoms with Crippen LogP contribution in [0.2, 0.25) is 0 Å². The van der Waals surface area contributed by atoms with Gasteiger partial charge in [-0.05, 0) is 42.0 Å². The van der Waals surface area contributed by atoms with Crippen molar-refractivity contribution >= 4 is 28.7 Å². The van der Waals surface area contributed by atoms with Gasteiger partial charge in [-0.2, -0.15) is 0 Å². The van der Waals surface area contributed by atoms with E-state index in [4.69, 9.17) is 14.2 Å². The van der Waals surface area contributed by atoms with Gasteiger partial charge in [-0.3, -0.25) is 9.59 Å². The number of hydrogen-bond donors (Lipinski definition) is 1. The van der Waals surface area contributed by atoms with Gasteiger partial charge in [0, 0.05) is 13.8 Å². The number of benzene rings is 2. The second kappa shape index (κ2) is 10.0. The summed E-state index contributed by atoms with van der Waals surface area (Å²) >= 11 is 1.30. The lowest BCUT2D eigenvalue weighted by molar-refractivity contribution is -0.129. The molecule has 2 amide bonds. The highest BCUT2D eigenvalue weighted by molar-refractivity contribution is 8.14. The first-order valence-corrected chi connectivity index (χ1v) is 10.2. The molecule has 9 heteroatoms. The third-order valence-corrected chi connectivity index (χ3v) is 5.18. The van der Waals surface area contributed by atoms with E-state index >= 15 is 0 Å². The van der Waals surface area contributed by atoms with Crippen molar-refractivity contribution in [3.8, 4) is 17.2 Å². The number of carbonyl (C=O) groups excluding carboxylic acids is 2. The van der Waals surface area contributed by atoms with Crippen molar-refractivity contribution in [2.24, 2.45) is 5.10 Å². The standard InChI is InChI=1S/C21H23N3O5S/c1-14(25)22-21-23-24(15(2)26)20(30-21)16-5-4-6-19(13-16)29-12-11-28-18-9-7-17(27-3)8-10-18/h4-10,13,20H,11-12H2,1-3H3,(H,22,23,25)/t20-/m0/s1. The Balaban J connectivity index is 1.57. The molecule has 8 nitrogen and oxygen atoms in total. The van der Waals surface area contributed by atoms with Crippen LogP contribution >= 0.6 is 11.8 Å². The smallest absolute Gasteiger partial charge is 0.241 e. The van der Waals surface area contributed by atoms with Gasteiger partial charge in [0.2, 0.25) is 11.8 Å². The highest BCUT2D eigenvalue weighted by Gasteiger charge is 2.32. The van der Waals surface area contributed by atoms with E-state index in [-0.39, 0.29) is 17.2 Å². The van der Waals surface area contributed by atoms with Crippen LogP contribution in [0.5, 0.6) is 17.2 Å². The van der Waals surface area contributed by atoms with Gasteiger partial charge in [0.15, 0.2) is 5.17 Å². The van der Waals surface area contributed by atoms with Crippen molar-refractivity contribution in [3.05, 3.63) is 54.1 Å². The summed E-state index contributed by atoms with van der Waals surface area (Å²) in [7, 11) is 1.62. The fourth-order valence-corrected chi connectivity index (χ4v) is 3.86. The van der Waals surface area contributed by atoms with Gasteiger partial charge < -0.3 is 19.5 Å². The van der Waals surface area contributed by atoms with E-state index in [0.717, 1.165) is 17.1 Å². The maximum absolute atomic E-state index is 12.0. The van der Waals surface area contributed by atoms with E-state index in [0.29, 0.717) is 24.1 Å². The van der Waals surface area contributed by atoms with Crippen LogP contribution < -0.4 is 19.5 Å². The Morgan fingerprint density at radius 3 is 2.33 bits per heavy atom. The van der Waals surface area contributed by atoms with Crippen molar-refractivity contribution in [2.45, 2.75) is 19.2 Å². The SMILES string of the molecule is COc1ccc(OCCOc2cccc([C@@H]3SC(NC(C)=O)=NN3C(C)=O)c2)cc1. The molecule has 0 aliphatic carbocycles. The minimum absolute atomic E-state index is 0.216. The van der Waals surface area contributed by atoms with Crippen LogP contribution in [0.1, 0.15) is 24.8 Å². The van der Waals surface area contributed by atoms with Gasteiger partial charge in [-0.25, -0.2) is 5.01 Å². The Kier molecular flexibility index (Phi) is 7.18. The van der Waals surface area contributed by atoms with E-state index in [1.165, 1.54) is 30.6 Å². The number of amides is 2. The molecule has 1 aliphatic rings. The monoisotopic (exact) mass is 429 g/mol. The van der Waals surface area contributed by atoms with Crippen LogP contribution in [0.25, 0.3) is 0 Å². The largest absolute Gasteiger partial charge is 0.497 e. The summed E-state index contributed by atoms with van der Waals surface area (Å²) in [6.07, 6.45) is 0. The normalized spacial score (nSPS) is 15.4. The zero-order valence-corrected chi connectivity index (χ0v) is 17.8. The Hall–Kier alpha value is -3.20. The Labute approximate surface area is 179 Å². The fourth-order valence-electron chi connectivity index (χ4n) is 2.73. The minimum Gasteiger partial charge on any atom is -0.497 e. The molecule has 0 unspecified atom stereocenters. The maximum Gasteiger partial charge on any atom is 0.241 e. The molecule has 0 spiro atoms. The molecule has 0 radical (unpaired) electrons. The molecular weight excluding hydrogens is 406 g/mol. The first kappa shape index (κ1) is 21.5. The molecule has 30 heavy (non-hydrogen) atoms. The van der Waals surface area contributed by atoms with Crippen LogP contribution in [0.15, 0.2) is 53.6 Å². The number of ether oxygens (including phenoxy) is 3. The van der Waals surface area contributed by atoms with Crippen LogP contribution in [0.3, 0.4) is 0 Å². The molecule has 2 aromatic carbocycles. The zero-order chi connectivity index (χ0) is 21.5. The maximum atomic E-state index is 12.0. The first-order valence-electron chi connectivity index (χ1n) is 9.28. The molecule has 2 aromatic rings. The van der Waals surface area contributed by atoms with E-state index in [1.54, 1.807) is 7.11 Å². The number of amidine groups is 1. The second-order valence-corrected chi connectivity index (χ2v) is 7.43. The molecule has 1 atom stereocenters. The molecule has 1 N–H and O–H groups in total. The zero-order valence-electron chi connectivity index (χ0n) is 17.0. The highest BCUT2D eigenvalue weighted by atomic mass is 32.2. The lowest BCUT2D eigenvalue weighted by Crippen LogP contribution is -2.25. The number of thioether (sulfide) groups is 1.